The maximum atomic E-state index is 14.0. The third-order valence-corrected chi connectivity index (χ3v) is 7.19. The van der Waals surface area contributed by atoms with Crippen LogP contribution in [0.15, 0.2) is 36.7 Å². The van der Waals surface area contributed by atoms with Crippen molar-refractivity contribution in [1.82, 2.24) is 24.8 Å². The molecule has 1 aliphatic carbocycles. The first-order valence-electron chi connectivity index (χ1n) is 12.4. The molecule has 0 radical (unpaired) electrons. The van der Waals surface area contributed by atoms with Crippen molar-refractivity contribution in [2.24, 2.45) is 11.8 Å². The Balaban J connectivity index is 1.21. The van der Waals surface area contributed by atoms with Gasteiger partial charge in [0.2, 0.25) is 5.91 Å². The van der Waals surface area contributed by atoms with E-state index in [9.17, 15) is 14.4 Å². The molecule has 1 saturated heterocycles. The quantitative estimate of drug-likeness (QED) is 0.523. The van der Waals surface area contributed by atoms with Gasteiger partial charge in [0.05, 0.1) is 30.0 Å². The van der Waals surface area contributed by atoms with Crippen LogP contribution in [0.1, 0.15) is 66.4 Å². The van der Waals surface area contributed by atoms with E-state index < -0.39 is 5.82 Å². The summed E-state index contributed by atoms with van der Waals surface area (Å²) in [5.74, 6) is 0.557. The van der Waals surface area contributed by atoms with Crippen LogP contribution in [0.25, 0.3) is 5.82 Å². The minimum atomic E-state index is -0.477. The predicted molar refractivity (Wildman–Crippen MR) is 129 cm³/mol. The van der Waals surface area contributed by atoms with Gasteiger partial charge in [-0.25, -0.2) is 24.1 Å². The largest absolute Gasteiger partial charge is 0.272 e. The van der Waals surface area contributed by atoms with E-state index in [2.05, 4.69) is 15.1 Å². The minimum absolute atomic E-state index is 0.0485. The highest BCUT2D eigenvalue weighted by Crippen LogP contribution is 2.37. The molecular weight excluding hydrogens is 459 g/mol. The maximum Gasteiger partial charge on any atom is 0.249 e. The van der Waals surface area contributed by atoms with E-state index in [0.29, 0.717) is 24.5 Å². The van der Waals surface area contributed by atoms with Crippen molar-refractivity contribution in [1.29, 1.82) is 5.26 Å². The number of aryl methyl sites for hydroxylation is 2. The molecule has 2 aromatic heterocycles. The van der Waals surface area contributed by atoms with E-state index >= 15 is 0 Å². The molecule has 8 nitrogen and oxygen atoms in total. The first kappa shape index (κ1) is 24.1. The fourth-order valence-electron chi connectivity index (χ4n) is 5.42. The first-order valence-corrected chi connectivity index (χ1v) is 12.4. The highest BCUT2D eigenvalue weighted by atomic mass is 19.1. The lowest BCUT2D eigenvalue weighted by Gasteiger charge is -2.32. The van der Waals surface area contributed by atoms with Crippen LogP contribution in [0.5, 0.6) is 0 Å². The Morgan fingerprint density at radius 1 is 1.11 bits per heavy atom. The number of carbonyl (C=O) groups is 1. The molecule has 1 atom stereocenters. The van der Waals surface area contributed by atoms with Crippen LogP contribution in [0.2, 0.25) is 0 Å². The molecule has 186 valence electrons. The highest BCUT2D eigenvalue weighted by molar-refractivity contribution is 5.78. The van der Waals surface area contributed by atoms with Gasteiger partial charge < -0.3 is 0 Å². The summed E-state index contributed by atoms with van der Waals surface area (Å²) in [4.78, 5) is 27.9. The van der Waals surface area contributed by atoms with E-state index in [1.54, 1.807) is 12.4 Å². The smallest absolute Gasteiger partial charge is 0.249 e. The minimum Gasteiger partial charge on any atom is -0.272 e. The van der Waals surface area contributed by atoms with Gasteiger partial charge >= 0.3 is 0 Å². The number of hydrogen-bond acceptors (Lipinski definition) is 6. The Hall–Kier alpha value is -3.64. The predicted octanol–water partition coefficient (Wildman–Crippen LogP) is 4.54. The second-order valence-corrected chi connectivity index (χ2v) is 9.81. The van der Waals surface area contributed by atoms with Crippen molar-refractivity contribution < 1.29 is 14.0 Å². The van der Waals surface area contributed by atoms with E-state index in [-0.39, 0.29) is 23.4 Å². The van der Waals surface area contributed by atoms with Crippen LogP contribution in [-0.4, -0.2) is 37.3 Å². The van der Waals surface area contributed by atoms with Gasteiger partial charge in [0.15, 0.2) is 5.82 Å². The number of aromatic nitrogens is 4. The summed E-state index contributed by atoms with van der Waals surface area (Å²) in [6.45, 7) is 4.36. The zero-order chi connectivity index (χ0) is 25.2. The van der Waals surface area contributed by atoms with Gasteiger partial charge in [-0.2, -0.15) is 10.4 Å². The fourth-order valence-corrected chi connectivity index (χ4v) is 5.42. The molecular formula is C27H29FN6O2. The monoisotopic (exact) mass is 488 g/mol. The molecule has 0 unspecified atom stereocenters. The van der Waals surface area contributed by atoms with Gasteiger partial charge in [0.25, 0.3) is 0 Å². The molecule has 1 aromatic carbocycles. The SMILES string of the molecule is Cc1cc(C)n(-c2cc(C[C@H]3CC[C@H](C(=O)N4OCC[C@H]4c4cc(F)cc(C#N)c4)CC3)ncn2)n1. The van der Waals surface area contributed by atoms with Crippen LogP contribution < -0.4 is 0 Å². The third kappa shape index (κ3) is 5.00. The Bertz CT molecular complexity index is 1310. The molecule has 3 heterocycles. The average molecular weight is 489 g/mol. The van der Waals surface area contributed by atoms with Crippen LogP contribution in [0.3, 0.4) is 0 Å². The second-order valence-electron chi connectivity index (χ2n) is 9.81. The summed E-state index contributed by atoms with van der Waals surface area (Å²) in [5.41, 5.74) is 3.80. The number of rotatable bonds is 5. The van der Waals surface area contributed by atoms with E-state index in [1.807, 2.05) is 36.7 Å². The third-order valence-electron chi connectivity index (χ3n) is 7.19. The summed E-state index contributed by atoms with van der Waals surface area (Å²) in [6.07, 6.45) is 6.40. The highest BCUT2D eigenvalue weighted by Gasteiger charge is 2.37. The maximum absolute atomic E-state index is 14.0. The molecule has 9 heteroatoms. The number of nitrogens with zero attached hydrogens (tertiary/aromatic N) is 6. The topological polar surface area (TPSA) is 96.9 Å². The standard InChI is InChI=1S/C27H29FN6O2/c1-17-9-18(2)33(32-17)26-14-24(30-16-31-26)12-19-3-5-21(6-4-19)27(35)34-25(7-8-36-34)22-10-20(15-29)11-23(28)13-22/h9-11,13-14,16,19,21,25H,3-8,12H2,1-2H3/t19-,21-,25-/m0/s1. The second kappa shape index (κ2) is 10.2. The molecule has 1 amide bonds. The van der Waals surface area contributed by atoms with Crippen molar-refractivity contribution in [2.45, 2.75) is 58.4 Å². The number of halogens is 1. The lowest BCUT2D eigenvalue weighted by Crippen LogP contribution is -2.36. The lowest BCUT2D eigenvalue weighted by atomic mass is 9.79. The number of hydrogen-bond donors (Lipinski definition) is 0. The molecule has 3 aromatic rings. The Labute approximate surface area is 209 Å². The van der Waals surface area contributed by atoms with Gasteiger partial charge in [-0.3, -0.25) is 9.63 Å². The molecule has 1 aliphatic heterocycles. The van der Waals surface area contributed by atoms with Crippen molar-refractivity contribution in [3.63, 3.8) is 0 Å². The summed E-state index contributed by atoms with van der Waals surface area (Å²) < 4.78 is 15.8. The number of hydroxylamine groups is 2. The van der Waals surface area contributed by atoms with Crippen molar-refractivity contribution in [3.8, 4) is 11.9 Å². The first-order chi connectivity index (χ1) is 17.4. The van der Waals surface area contributed by atoms with Crippen molar-refractivity contribution >= 4 is 5.91 Å². The zero-order valence-electron chi connectivity index (χ0n) is 20.5. The van der Waals surface area contributed by atoms with Gasteiger partial charge in [0, 0.05) is 29.8 Å². The Morgan fingerprint density at radius 2 is 1.92 bits per heavy atom. The van der Waals surface area contributed by atoms with Crippen LogP contribution in [0.4, 0.5) is 4.39 Å². The Morgan fingerprint density at radius 3 is 2.64 bits per heavy atom. The zero-order valence-corrected chi connectivity index (χ0v) is 20.5. The number of carbonyl (C=O) groups excluding carboxylic acids is 1. The Kier molecular flexibility index (Phi) is 6.79. The van der Waals surface area contributed by atoms with Crippen LogP contribution in [-0.2, 0) is 16.1 Å². The number of amides is 1. The number of benzene rings is 1. The average Bonchev–Trinajstić information content (AvgIpc) is 3.50. The molecule has 2 aliphatic rings. The molecule has 1 saturated carbocycles. The molecule has 0 N–H and O–H groups in total. The van der Waals surface area contributed by atoms with E-state index in [4.69, 9.17) is 4.84 Å². The van der Waals surface area contributed by atoms with Gasteiger partial charge in [-0.15, -0.1) is 0 Å². The van der Waals surface area contributed by atoms with Gasteiger partial charge in [-0.1, -0.05) is 0 Å². The summed E-state index contributed by atoms with van der Waals surface area (Å²) in [7, 11) is 0. The lowest BCUT2D eigenvalue weighted by molar-refractivity contribution is -0.183. The van der Waals surface area contributed by atoms with Gasteiger partial charge in [0.1, 0.15) is 12.1 Å². The molecule has 0 bridgehead atoms. The molecule has 0 spiro atoms. The molecule has 2 fully saturated rings. The normalized spacial score (nSPS) is 21.9. The summed E-state index contributed by atoms with van der Waals surface area (Å²) in [6, 6.07) is 9.85. The van der Waals surface area contributed by atoms with E-state index in [0.717, 1.165) is 55.0 Å². The fraction of sp³-hybridized carbons (Fsp3) is 0.444. The van der Waals surface area contributed by atoms with Gasteiger partial charge in [-0.05, 0) is 81.7 Å². The van der Waals surface area contributed by atoms with E-state index in [1.165, 1.54) is 17.2 Å². The van der Waals surface area contributed by atoms with Crippen LogP contribution in [0, 0.1) is 42.8 Å². The summed E-state index contributed by atoms with van der Waals surface area (Å²) >= 11 is 0. The van der Waals surface area contributed by atoms with Crippen molar-refractivity contribution in [3.05, 3.63) is 70.7 Å². The number of nitriles is 1. The van der Waals surface area contributed by atoms with Crippen LogP contribution >= 0.6 is 0 Å². The molecule has 36 heavy (non-hydrogen) atoms. The molecule has 5 rings (SSSR count). The summed E-state index contributed by atoms with van der Waals surface area (Å²) in [5, 5.41) is 15.1. The van der Waals surface area contributed by atoms with Crippen molar-refractivity contribution in [2.75, 3.05) is 6.61 Å².